The molecule has 0 amide bonds. The Kier molecular flexibility index (Phi) is 2.22. The van der Waals surface area contributed by atoms with E-state index < -0.39 is 0 Å². The van der Waals surface area contributed by atoms with Crippen molar-refractivity contribution in [2.45, 2.75) is 6.92 Å². The van der Waals surface area contributed by atoms with E-state index in [4.69, 9.17) is 23.2 Å². The number of benzene rings is 1. The molecule has 0 aliphatic rings. The number of fused-ring (bicyclic) bond motifs is 1. The number of halogens is 2. The minimum atomic E-state index is 0.613. The van der Waals surface area contributed by atoms with Crippen LogP contribution in [0.1, 0.15) is 5.01 Å². The molecule has 0 aliphatic heterocycles. The zero-order valence-electron chi connectivity index (χ0n) is 7.27. The third kappa shape index (κ3) is 1.43. The first-order chi connectivity index (χ1) is 6.09. The van der Waals surface area contributed by atoms with E-state index in [2.05, 4.69) is 11.5 Å². The summed E-state index contributed by atoms with van der Waals surface area (Å²) in [5.41, 5.74) is 1.14. The standard InChI is InChI=1S/C9H8Cl2NS/c1-5-12(2)8-3-6(10)7(11)4-9(8)13-5/h3-4H,1-2H3/q+1. The predicted octanol–water partition coefficient (Wildman–Crippen LogP) is 3.34. The van der Waals surface area contributed by atoms with Gasteiger partial charge in [0.05, 0.1) is 10.0 Å². The lowest BCUT2D eigenvalue weighted by atomic mass is 10.3. The topological polar surface area (TPSA) is 3.88 Å². The fourth-order valence-corrected chi connectivity index (χ4v) is 2.68. The number of rotatable bonds is 0. The molecule has 2 aromatic rings. The van der Waals surface area contributed by atoms with Crippen molar-refractivity contribution < 1.29 is 4.57 Å². The average molecular weight is 233 g/mol. The van der Waals surface area contributed by atoms with Crippen molar-refractivity contribution in [3.8, 4) is 0 Å². The molecule has 1 aromatic heterocycles. The lowest BCUT2D eigenvalue weighted by Gasteiger charge is -1.92. The zero-order chi connectivity index (χ0) is 9.59. The van der Waals surface area contributed by atoms with Gasteiger partial charge in [-0.2, -0.15) is 4.57 Å². The summed E-state index contributed by atoms with van der Waals surface area (Å²) in [5.74, 6) is 0. The van der Waals surface area contributed by atoms with Crippen molar-refractivity contribution in [2.24, 2.45) is 7.05 Å². The molecule has 0 saturated carbocycles. The van der Waals surface area contributed by atoms with Gasteiger partial charge < -0.3 is 0 Å². The SMILES string of the molecule is Cc1sc2cc(Cl)c(Cl)cc2[n+]1C. The minimum absolute atomic E-state index is 0.613. The van der Waals surface area contributed by atoms with Gasteiger partial charge >= 0.3 is 0 Å². The van der Waals surface area contributed by atoms with E-state index in [9.17, 15) is 0 Å². The summed E-state index contributed by atoms with van der Waals surface area (Å²) in [6.45, 7) is 2.08. The van der Waals surface area contributed by atoms with Crippen LogP contribution in [0.4, 0.5) is 0 Å². The Morgan fingerprint density at radius 2 is 1.85 bits per heavy atom. The quantitative estimate of drug-likeness (QED) is 0.614. The van der Waals surface area contributed by atoms with Crippen molar-refractivity contribution in [3.05, 3.63) is 27.2 Å². The summed E-state index contributed by atoms with van der Waals surface area (Å²) in [7, 11) is 2.03. The van der Waals surface area contributed by atoms with E-state index in [1.165, 1.54) is 9.71 Å². The van der Waals surface area contributed by atoms with Gasteiger partial charge in [-0.15, -0.1) is 0 Å². The van der Waals surface area contributed by atoms with E-state index in [-0.39, 0.29) is 0 Å². The van der Waals surface area contributed by atoms with Gasteiger partial charge in [-0.3, -0.25) is 0 Å². The van der Waals surface area contributed by atoms with Crippen LogP contribution in [0.2, 0.25) is 10.0 Å². The van der Waals surface area contributed by atoms with Gasteiger partial charge in [0.15, 0.2) is 0 Å². The number of aryl methyl sites for hydroxylation is 2. The molecule has 0 fully saturated rings. The molecule has 0 atom stereocenters. The minimum Gasteiger partial charge on any atom is -0.189 e. The fourth-order valence-electron chi connectivity index (χ4n) is 1.26. The molecule has 1 heterocycles. The molecule has 0 radical (unpaired) electrons. The largest absolute Gasteiger partial charge is 0.234 e. The summed E-state index contributed by atoms with van der Waals surface area (Å²) in [4.78, 5) is 0. The smallest absolute Gasteiger partial charge is 0.189 e. The monoisotopic (exact) mass is 232 g/mol. The van der Waals surface area contributed by atoms with E-state index in [0.29, 0.717) is 10.0 Å². The maximum atomic E-state index is 5.93. The summed E-state index contributed by atoms with van der Waals surface area (Å²) in [6, 6.07) is 3.82. The van der Waals surface area contributed by atoms with Gasteiger partial charge in [0, 0.05) is 13.0 Å². The first-order valence-corrected chi connectivity index (χ1v) is 5.41. The van der Waals surface area contributed by atoms with Crippen LogP contribution in [0.25, 0.3) is 10.2 Å². The zero-order valence-corrected chi connectivity index (χ0v) is 9.59. The van der Waals surface area contributed by atoms with Gasteiger partial charge in [-0.05, 0) is 6.07 Å². The second kappa shape index (κ2) is 3.12. The molecular formula is C9H8Cl2NS+. The van der Waals surface area contributed by atoms with Gasteiger partial charge in [0.25, 0.3) is 0 Å². The molecule has 2 rings (SSSR count). The molecule has 0 unspecified atom stereocenters. The first-order valence-electron chi connectivity index (χ1n) is 3.84. The Hall–Kier alpha value is -0.310. The Balaban J connectivity index is 2.89. The number of hydrogen-bond acceptors (Lipinski definition) is 1. The third-order valence-electron chi connectivity index (χ3n) is 2.09. The maximum absolute atomic E-state index is 5.93. The lowest BCUT2D eigenvalue weighted by Crippen LogP contribution is -2.28. The summed E-state index contributed by atoms with van der Waals surface area (Å²) in [5, 5.41) is 2.48. The van der Waals surface area contributed by atoms with Crippen LogP contribution in [0.3, 0.4) is 0 Å². The van der Waals surface area contributed by atoms with Crippen LogP contribution in [0, 0.1) is 6.92 Å². The van der Waals surface area contributed by atoms with Gasteiger partial charge in [-0.1, -0.05) is 34.5 Å². The Morgan fingerprint density at radius 3 is 2.54 bits per heavy atom. The lowest BCUT2D eigenvalue weighted by molar-refractivity contribution is -0.646. The Bertz CT molecular complexity index is 476. The normalized spacial score (nSPS) is 11.1. The molecule has 0 aliphatic carbocycles. The van der Waals surface area contributed by atoms with E-state index in [0.717, 1.165) is 5.52 Å². The number of hydrogen-bond donors (Lipinski definition) is 0. The van der Waals surface area contributed by atoms with E-state index in [1.54, 1.807) is 11.3 Å². The van der Waals surface area contributed by atoms with Gasteiger partial charge in [0.1, 0.15) is 11.7 Å². The molecule has 0 spiro atoms. The van der Waals surface area contributed by atoms with Crippen molar-refractivity contribution in [1.82, 2.24) is 0 Å². The van der Waals surface area contributed by atoms with E-state index >= 15 is 0 Å². The Morgan fingerprint density at radius 1 is 1.23 bits per heavy atom. The second-order valence-electron chi connectivity index (χ2n) is 2.91. The van der Waals surface area contributed by atoms with Gasteiger partial charge in [0.2, 0.25) is 10.5 Å². The highest BCUT2D eigenvalue weighted by molar-refractivity contribution is 7.18. The highest BCUT2D eigenvalue weighted by atomic mass is 35.5. The van der Waals surface area contributed by atoms with Crippen molar-refractivity contribution >= 4 is 44.8 Å². The molecule has 0 saturated heterocycles. The van der Waals surface area contributed by atoms with Crippen molar-refractivity contribution in [3.63, 3.8) is 0 Å². The molecule has 0 bridgehead atoms. The van der Waals surface area contributed by atoms with Crippen molar-refractivity contribution in [1.29, 1.82) is 0 Å². The fraction of sp³-hybridized carbons (Fsp3) is 0.222. The summed E-state index contributed by atoms with van der Waals surface area (Å²) < 4.78 is 3.29. The van der Waals surface area contributed by atoms with Crippen LogP contribution in [-0.2, 0) is 7.05 Å². The number of nitrogens with zero attached hydrogens (tertiary/aromatic N) is 1. The van der Waals surface area contributed by atoms with Gasteiger partial charge in [-0.25, -0.2) is 0 Å². The van der Waals surface area contributed by atoms with Crippen LogP contribution < -0.4 is 4.57 Å². The maximum Gasteiger partial charge on any atom is 0.234 e. The molecular weight excluding hydrogens is 225 g/mol. The molecule has 1 aromatic carbocycles. The summed E-state index contributed by atoms with van der Waals surface area (Å²) in [6.07, 6.45) is 0. The molecule has 0 N–H and O–H groups in total. The van der Waals surface area contributed by atoms with E-state index in [1.807, 2.05) is 19.2 Å². The van der Waals surface area contributed by atoms with Crippen LogP contribution in [-0.4, -0.2) is 0 Å². The molecule has 1 nitrogen and oxygen atoms in total. The molecule has 13 heavy (non-hydrogen) atoms. The molecule has 4 heteroatoms. The molecule has 68 valence electrons. The van der Waals surface area contributed by atoms with Crippen LogP contribution >= 0.6 is 34.5 Å². The van der Waals surface area contributed by atoms with Crippen LogP contribution in [0.5, 0.6) is 0 Å². The average Bonchev–Trinajstić information content (AvgIpc) is 2.32. The summed E-state index contributed by atoms with van der Waals surface area (Å²) >= 11 is 13.6. The predicted molar refractivity (Wildman–Crippen MR) is 57.8 cm³/mol. The highest BCUT2D eigenvalue weighted by Crippen LogP contribution is 2.29. The van der Waals surface area contributed by atoms with Crippen LogP contribution in [0.15, 0.2) is 12.1 Å². The highest BCUT2D eigenvalue weighted by Gasteiger charge is 2.14. The van der Waals surface area contributed by atoms with Crippen molar-refractivity contribution in [2.75, 3.05) is 0 Å². The second-order valence-corrected chi connectivity index (χ2v) is 4.96. The third-order valence-corrected chi connectivity index (χ3v) is 3.93. The number of aromatic nitrogens is 1. The first kappa shape index (κ1) is 9.25. The Labute approximate surface area is 90.5 Å². The number of thiazole rings is 1.